The van der Waals surface area contributed by atoms with Crippen molar-refractivity contribution < 1.29 is 18.0 Å². The number of hydrogen-bond acceptors (Lipinski definition) is 3. The summed E-state index contributed by atoms with van der Waals surface area (Å²) < 4.78 is 38.1. The van der Waals surface area contributed by atoms with Gasteiger partial charge in [-0.1, -0.05) is 12.1 Å². The molecule has 0 bridgehead atoms. The average molecular weight is 236 g/mol. The Balaban J connectivity index is 3.20. The zero-order chi connectivity index (χ0) is 12.5. The first-order chi connectivity index (χ1) is 7.29. The van der Waals surface area contributed by atoms with E-state index < -0.39 is 18.1 Å². The van der Waals surface area contributed by atoms with Gasteiger partial charge in [-0.05, 0) is 13.3 Å². The highest BCUT2D eigenvalue weighted by Gasteiger charge is 2.39. The molecule has 1 aromatic rings. The van der Waals surface area contributed by atoms with Crippen molar-refractivity contribution >= 4 is 5.91 Å². The summed E-state index contributed by atoms with van der Waals surface area (Å²) in [7, 11) is 0. The highest BCUT2D eigenvalue weighted by Crippen LogP contribution is 2.30. The maximum absolute atomic E-state index is 12.5. The summed E-state index contributed by atoms with van der Waals surface area (Å²) in [5.41, 5.74) is 4.86. The van der Waals surface area contributed by atoms with Crippen LogP contribution in [-0.2, 0) is 6.42 Å². The molecule has 1 aromatic heterocycles. The number of carbonyl (C=O) groups is 1. The van der Waals surface area contributed by atoms with E-state index in [1.807, 2.05) is 0 Å². The summed E-state index contributed by atoms with van der Waals surface area (Å²) in [5.74, 6) is -0.877. The van der Waals surface area contributed by atoms with Crippen LogP contribution in [0.2, 0.25) is 0 Å². The van der Waals surface area contributed by atoms with E-state index in [0.29, 0.717) is 4.68 Å². The van der Waals surface area contributed by atoms with Crippen LogP contribution >= 0.6 is 0 Å². The Morgan fingerprint density at radius 2 is 2.12 bits per heavy atom. The summed E-state index contributed by atoms with van der Waals surface area (Å²) in [6.45, 7) is 2.54. The van der Waals surface area contributed by atoms with Crippen molar-refractivity contribution in [2.75, 3.05) is 0 Å². The number of carbonyl (C=O) groups excluding carboxylic acids is 1. The first-order valence-electron chi connectivity index (χ1n) is 4.59. The Morgan fingerprint density at radius 3 is 2.50 bits per heavy atom. The molecule has 90 valence electrons. The molecule has 0 aliphatic rings. The number of hydrogen-bond donors (Lipinski definition) is 1. The standard InChI is InChI=1S/C8H11F3N4O/c1-3-5-6(7(12)16)13-14-15(5)4(2)8(9,10)11/h4H,3H2,1-2H3,(H2,12,16). The van der Waals surface area contributed by atoms with E-state index in [1.54, 1.807) is 6.92 Å². The predicted molar refractivity (Wildman–Crippen MR) is 48.7 cm³/mol. The van der Waals surface area contributed by atoms with Crippen LogP contribution in [0.5, 0.6) is 0 Å². The molecule has 5 nitrogen and oxygen atoms in total. The van der Waals surface area contributed by atoms with Crippen molar-refractivity contribution in [1.82, 2.24) is 15.0 Å². The molecule has 0 fully saturated rings. The molecule has 2 N–H and O–H groups in total. The molecule has 0 aliphatic heterocycles. The Hall–Kier alpha value is -1.60. The zero-order valence-electron chi connectivity index (χ0n) is 8.75. The van der Waals surface area contributed by atoms with Crippen LogP contribution in [0.25, 0.3) is 0 Å². The van der Waals surface area contributed by atoms with Crippen molar-refractivity contribution in [3.05, 3.63) is 11.4 Å². The van der Waals surface area contributed by atoms with Gasteiger partial charge in [0.05, 0.1) is 5.69 Å². The molecule has 1 atom stereocenters. The highest BCUT2D eigenvalue weighted by atomic mass is 19.4. The lowest BCUT2D eigenvalue weighted by molar-refractivity contribution is -0.166. The number of rotatable bonds is 3. The average Bonchev–Trinajstić information content (AvgIpc) is 2.57. The molecule has 1 amide bonds. The first kappa shape index (κ1) is 12.5. The maximum atomic E-state index is 12.5. The second-order valence-electron chi connectivity index (χ2n) is 3.26. The van der Waals surface area contributed by atoms with E-state index >= 15 is 0 Å². The summed E-state index contributed by atoms with van der Waals surface area (Å²) >= 11 is 0. The van der Waals surface area contributed by atoms with Crippen LogP contribution in [0, 0.1) is 0 Å². The number of nitrogens with zero attached hydrogens (tertiary/aromatic N) is 3. The molecule has 0 spiro atoms. The van der Waals surface area contributed by atoms with Gasteiger partial charge in [-0.25, -0.2) is 4.68 Å². The lowest BCUT2D eigenvalue weighted by Crippen LogP contribution is -2.26. The molecule has 0 radical (unpaired) electrons. The molecule has 0 saturated heterocycles. The van der Waals surface area contributed by atoms with Crippen molar-refractivity contribution in [3.8, 4) is 0 Å². The third-order valence-electron chi connectivity index (χ3n) is 2.20. The van der Waals surface area contributed by atoms with E-state index in [0.717, 1.165) is 6.92 Å². The Labute approximate surface area is 89.4 Å². The summed E-state index contributed by atoms with van der Waals surface area (Å²) in [6, 6.07) is -1.83. The van der Waals surface area contributed by atoms with E-state index in [4.69, 9.17) is 5.73 Å². The fraction of sp³-hybridized carbons (Fsp3) is 0.625. The molecule has 8 heteroatoms. The number of alkyl halides is 3. The van der Waals surface area contributed by atoms with Gasteiger partial charge in [-0.2, -0.15) is 13.2 Å². The van der Waals surface area contributed by atoms with Crippen LogP contribution in [-0.4, -0.2) is 27.1 Å². The van der Waals surface area contributed by atoms with Gasteiger partial charge in [0.15, 0.2) is 5.69 Å². The maximum Gasteiger partial charge on any atom is 0.410 e. The molecule has 1 unspecified atom stereocenters. The van der Waals surface area contributed by atoms with Gasteiger partial charge in [0.1, 0.15) is 6.04 Å². The number of aromatic nitrogens is 3. The fourth-order valence-electron chi connectivity index (χ4n) is 1.28. The van der Waals surface area contributed by atoms with Gasteiger partial charge < -0.3 is 5.73 Å². The topological polar surface area (TPSA) is 73.8 Å². The second kappa shape index (κ2) is 4.11. The number of primary amides is 1. The Bertz CT molecular complexity index is 398. The summed E-state index contributed by atoms with van der Waals surface area (Å²) in [6.07, 6.45) is -4.24. The van der Waals surface area contributed by atoms with Gasteiger partial charge in [0.25, 0.3) is 5.91 Å². The highest BCUT2D eigenvalue weighted by molar-refractivity contribution is 5.91. The van der Waals surface area contributed by atoms with Crippen molar-refractivity contribution in [2.24, 2.45) is 5.73 Å². The number of amides is 1. The van der Waals surface area contributed by atoms with Gasteiger partial charge in [0, 0.05) is 0 Å². The SMILES string of the molecule is CCc1c(C(N)=O)nnn1C(C)C(F)(F)F. The van der Waals surface area contributed by atoms with Crippen molar-refractivity contribution in [3.63, 3.8) is 0 Å². The second-order valence-corrected chi connectivity index (χ2v) is 3.26. The van der Waals surface area contributed by atoms with Crippen molar-refractivity contribution in [1.29, 1.82) is 0 Å². The van der Waals surface area contributed by atoms with Crippen LogP contribution < -0.4 is 5.73 Å². The molecule has 16 heavy (non-hydrogen) atoms. The number of nitrogens with two attached hydrogens (primary N) is 1. The largest absolute Gasteiger partial charge is 0.410 e. The predicted octanol–water partition coefficient (Wildman–Crippen LogP) is 1.06. The van der Waals surface area contributed by atoms with Crippen LogP contribution in [0.3, 0.4) is 0 Å². The third kappa shape index (κ3) is 2.15. The third-order valence-corrected chi connectivity index (χ3v) is 2.20. The first-order valence-corrected chi connectivity index (χ1v) is 4.59. The van der Waals surface area contributed by atoms with Crippen LogP contribution in [0.1, 0.15) is 36.1 Å². The molecule has 1 rings (SSSR count). The lowest BCUT2D eigenvalue weighted by Gasteiger charge is -2.17. The van der Waals surface area contributed by atoms with Gasteiger partial charge in [-0.15, -0.1) is 5.10 Å². The monoisotopic (exact) mass is 236 g/mol. The van der Waals surface area contributed by atoms with E-state index in [-0.39, 0.29) is 17.8 Å². The molecule has 1 heterocycles. The summed E-state index contributed by atoms with van der Waals surface area (Å²) in [5, 5.41) is 6.68. The van der Waals surface area contributed by atoms with Crippen molar-refractivity contribution in [2.45, 2.75) is 32.5 Å². The summed E-state index contributed by atoms with van der Waals surface area (Å²) in [4.78, 5) is 10.9. The lowest BCUT2D eigenvalue weighted by atomic mass is 10.2. The van der Waals surface area contributed by atoms with E-state index in [1.165, 1.54) is 0 Å². The smallest absolute Gasteiger partial charge is 0.364 e. The Kier molecular flexibility index (Phi) is 3.20. The molecule has 0 saturated carbocycles. The number of halogens is 3. The normalized spacial score (nSPS) is 13.8. The van der Waals surface area contributed by atoms with Gasteiger partial charge in [0.2, 0.25) is 0 Å². The van der Waals surface area contributed by atoms with Crippen LogP contribution in [0.15, 0.2) is 0 Å². The van der Waals surface area contributed by atoms with Gasteiger partial charge >= 0.3 is 6.18 Å². The minimum absolute atomic E-state index is 0.0947. The van der Waals surface area contributed by atoms with Crippen LogP contribution in [0.4, 0.5) is 13.2 Å². The zero-order valence-corrected chi connectivity index (χ0v) is 8.75. The van der Waals surface area contributed by atoms with E-state index in [9.17, 15) is 18.0 Å². The van der Waals surface area contributed by atoms with E-state index in [2.05, 4.69) is 10.3 Å². The Morgan fingerprint density at radius 1 is 1.56 bits per heavy atom. The molecule has 0 aromatic carbocycles. The molecule has 0 aliphatic carbocycles. The molecular formula is C8H11F3N4O. The fourth-order valence-corrected chi connectivity index (χ4v) is 1.28. The molecular weight excluding hydrogens is 225 g/mol. The minimum Gasteiger partial charge on any atom is -0.364 e. The van der Waals surface area contributed by atoms with Gasteiger partial charge in [-0.3, -0.25) is 4.79 Å². The minimum atomic E-state index is -4.44. The quantitative estimate of drug-likeness (QED) is 0.852.